The van der Waals surface area contributed by atoms with Gasteiger partial charge in [0.1, 0.15) is 0 Å². The summed E-state index contributed by atoms with van der Waals surface area (Å²) in [5, 5.41) is 25.1. The molecule has 1 fully saturated rings. The van der Waals surface area contributed by atoms with Gasteiger partial charge in [0.05, 0.1) is 18.6 Å². The smallest absolute Gasteiger partial charge is 0.404 e. The molecule has 0 radical (unpaired) electrons. The highest BCUT2D eigenvalue weighted by atomic mass is 35.5. The first-order valence-electron chi connectivity index (χ1n) is 9.11. The van der Waals surface area contributed by atoms with Gasteiger partial charge in [-0.15, -0.1) is 0 Å². The number of carbonyl (C=O) groups excluding carboxylic acids is 2. The molecule has 1 aliphatic rings. The number of aliphatic hydroxyl groups is 1. The minimum atomic E-state index is -1.21. The number of benzene rings is 1. The second-order valence-electron chi connectivity index (χ2n) is 7.24. The van der Waals surface area contributed by atoms with Crippen LogP contribution >= 0.6 is 11.6 Å². The van der Waals surface area contributed by atoms with Crippen molar-refractivity contribution >= 4 is 29.5 Å². The van der Waals surface area contributed by atoms with Gasteiger partial charge >= 0.3 is 6.09 Å². The molecule has 0 aromatic heterocycles. The molecule has 0 saturated heterocycles. The Hall–Kier alpha value is -2.32. The molecule has 28 heavy (non-hydrogen) atoms. The highest BCUT2D eigenvalue weighted by molar-refractivity contribution is 6.30. The van der Waals surface area contributed by atoms with E-state index in [4.69, 9.17) is 16.7 Å². The molecule has 8 nitrogen and oxygen atoms in total. The van der Waals surface area contributed by atoms with E-state index in [9.17, 15) is 19.5 Å². The summed E-state index contributed by atoms with van der Waals surface area (Å²) in [5.74, 6) is -0.734. The van der Waals surface area contributed by atoms with Crippen molar-refractivity contribution < 1.29 is 24.6 Å². The topological polar surface area (TPSA) is 119 Å². The van der Waals surface area contributed by atoms with E-state index in [0.29, 0.717) is 29.8 Å². The van der Waals surface area contributed by atoms with E-state index in [2.05, 4.69) is 10.6 Å². The molecule has 1 aliphatic carbocycles. The van der Waals surface area contributed by atoms with Gasteiger partial charge in [-0.05, 0) is 37.0 Å². The number of carboxylic acid groups (broad SMARTS) is 1. The molecule has 0 aliphatic heterocycles. The number of nitrogens with one attached hydrogen (secondary N) is 2. The van der Waals surface area contributed by atoms with Crippen molar-refractivity contribution in [1.29, 1.82) is 0 Å². The number of nitrogens with zero attached hydrogens (tertiary/aromatic N) is 1. The second-order valence-corrected chi connectivity index (χ2v) is 7.68. The maximum atomic E-state index is 12.4. The van der Waals surface area contributed by atoms with Crippen LogP contribution in [0.5, 0.6) is 0 Å². The van der Waals surface area contributed by atoms with Crippen LogP contribution in [0, 0.1) is 5.92 Å². The Morgan fingerprint density at radius 3 is 2.36 bits per heavy atom. The predicted molar refractivity (Wildman–Crippen MR) is 104 cm³/mol. The van der Waals surface area contributed by atoms with Crippen LogP contribution < -0.4 is 10.6 Å². The molecule has 3 amide bonds. The molecule has 0 bridgehead atoms. The SMILES string of the molecule is CN(C)C(=O)[C@H]1CC[C@H](NC(=O)CC(O)c2ccc(Cl)cc2)[C@H](NC(=O)O)C1. The maximum absolute atomic E-state index is 12.4. The van der Waals surface area contributed by atoms with E-state index in [-0.39, 0.29) is 24.2 Å². The summed E-state index contributed by atoms with van der Waals surface area (Å²) < 4.78 is 0. The number of rotatable bonds is 6. The van der Waals surface area contributed by atoms with Gasteiger partial charge in [-0.25, -0.2) is 4.79 Å². The maximum Gasteiger partial charge on any atom is 0.404 e. The van der Waals surface area contributed by atoms with E-state index in [1.54, 1.807) is 38.4 Å². The van der Waals surface area contributed by atoms with Gasteiger partial charge in [-0.3, -0.25) is 9.59 Å². The fourth-order valence-corrected chi connectivity index (χ4v) is 3.62. The van der Waals surface area contributed by atoms with Gasteiger partial charge in [0, 0.05) is 31.1 Å². The zero-order valence-corrected chi connectivity index (χ0v) is 16.6. The fourth-order valence-electron chi connectivity index (χ4n) is 3.49. The summed E-state index contributed by atoms with van der Waals surface area (Å²) in [7, 11) is 3.32. The van der Waals surface area contributed by atoms with Crippen molar-refractivity contribution in [3.8, 4) is 0 Å². The molecule has 0 spiro atoms. The minimum absolute atomic E-state index is 0.0554. The number of aliphatic hydroxyl groups excluding tert-OH is 1. The number of hydrogen-bond donors (Lipinski definition) is 4. The number of amides is 3. The summed E-state index contributed by atoms with van der Waals surface area (Å²) in [4.78, 5) is 37.2. The molecule has 4 N–H and O–H groups in total. The first-order chi connectivity index (χ1) is 13.2. The van der Waals surface area contributed by atoms with Gasteiger partial charge in [-0.2, -0.15) is 0 Å². The Kier molecular flexibility index (Phi) is 7.65. The summed E-state index contributed by atoms with van der Waals surface area (Å²) in [5.41, 5.74) is 0.569. The van der Waals surface area contributed by atoms with Gasteiger partial charge in [0.25, 0.3) is 0 Å². The zero-order valence-electron chi connectivity index (χ0n) is 15.9. The van der Waals surface area contributed by atoms with Gasteiger partial charge in [0.15, 0.2) is 0 Å². The van der Waals surface area contributed by atoms with Gasteiger partial charge in [-0.1, -0.05) is 23.7 Å². The second kappa shape index (κ2) is 9.75. The lowest BCUT2D eigenvalue weighted by Gasteiger charge is -2.36. The number of hydrogen-bond acceptors (Lipinski definition) is 4. The third-order valence-corrected chi connectivity index (χ3v) is 5.18. The molecule has 1 saturated carbocycles. The predicted octanol–water partition coefficient (Wildman–Crippen LogP) is 1.77. The van der Waals surface area contributed by atoms with E-state index >= 15 is 0 Å². The van der Waals surface area contributed by atoms with E-state index < -0.39 is 24.3 Å². The summed E-state index contributed by atoms with van der Waals surface area (Å²) in [6.07, 6.45) is -1.01. The standard InChI is InChI=1S/C19H26ClN3O5/c1-23(2)18(26)12-5-8-14(15(9-12)22-19(27)28)21-17(25)10-16(24)11-3-6-13(20)7-4-11/h3-4,6-7,12,14-16,22,24H,5,8-10H2,1-2H3,(H,21,25)(H,27,28)/t12-,14-,15+,16?/m0/s1. The Morgan fingerprint density at radius 1 is 1.14 bits per heavy atom. The lowest BCUT2D eigenvalue weighted by molar-refractivity contribution is -0.134. The first kappa shape index (κ1) is 22.0. The lowest BCUT2D eigenvalue weighted by Crippen LogP contribution is -2.55. The molecule has 2 rings (SSSR count). The van der Waals surface area contributed by atoms with Gasteiger partial charge in [0.2, 0.25) is 11.8 Å². The van der Waals surface area contributed by atoms with Crippen LogP contribution in [0.2, 0.25) is 5.02 Å². The molecule has 0 heterocycles. The molecule has 1 aromatic rings. The average molecular weight is 412 g/mol. The van der Waals surface area contributed by atoms with Crippen LogP contribution in [-0.2, 0) is 9.59 Å². The summed E-state index contributed by atoms with van der Waals surface area (Å²) in [6, 6.07) is 5.55. The summed E-state index contributed by atoms with van der Waals surface area (Å²) in [6.45, 7) is 0. The normalized spacial score (nSPS) is 22.8. The van der Waals surface area contributed by atoms with Crippen molar-refractivity contribution in [2.75, 3.05) is 14.1 Å². The van der Waals surface area contributed by atoms with Gasteiger partial charge < -0.3 is 25.7 Å². The van der Waals surface area contributed by atoms with Crippen molar-refractivity contribution in [3.05, 3.63) is 34.9 Å². The third-order valence-electron chi connectivity index (χ3n) is 4.93. The van der Waals surface area contributed by atoms with Crippen molar-refractivity contribution in [2.45, 2.75) is 43.9 Å². The highest BCUT2D eigenvalue weighted by Gasteiger charge is 2.36. The van der Waals surface area contributed by atoms with Crippen molar-refractivity contribution in [2.24, 2.45) is 5.92 Å². The van der Waals surface area contributed by atoms with Crippen LogP contribution in [0.1, 0.15) is 37.4 Å². The molecule has 4 atom stereocenters. The Balaban J connectivity index is 1.97. The van der Waals surface area contributed by atoms with E-state index in [0.717, 1.165) is 0 Å². The molecule has 1 unspecified atom stereocenters. The molecule has 1 aromatic carbocycles. The van der Waals surface area contributed by atoms with Crippen LogP contribution in [0.25, 0.3) is 0 Å². The highest BCUT2D eigenvalue weighted by Crippen LogP contribution is 2.27. The Bertz CT molecular complexity index is 710. The van der Waals surface area contributed by atoms with E-state index in [1.807, 2.05) is 0 Å². The van der Waals surface area contributed by atoms with Crippen LogP contribution in [0.15, 0.2) is 24.3 Å². The Morgan fingerprint density at radius 2 is 1.79 bits per heavy atom. The monoisotopic (exact) mass is 411 g/mol. The largest absolute Gasteiger partial charge is 0.465 e. The molecular formula is C19H26ClN3O5. The minimum Gasteiger partial charge on any atom is -0.465 e. The number of halogens is 1. The van der Waals surface area contributed by atoms with Crippen molar-refractivity contribution in [1.82, 2.24) is 15.5 Å². The average Bonchev–Trinajstić information content (AvgIpc) is 2.62. The van der Waals surface area contributed by atoms with Crippen LogP contribution in [0.4, 0.5) is 4.79 Å². The fraction of sp³-hybridized carbons (Fsp3) is 0.526. The lowest BCUT2D eigenvalue weighted by atomic mass is 9.81. The van der Waals surface area contributed by atoms with Crippen molar-refractivity contribution in [3.63, 3.8) is 0 Å². The number of carbonyl (C=O) groups is 3. The molecule has 154 valence electrons. The third kappa shape index (κ3) is 6.10. The molecule has 9 heteroatoms. The zero-order chi connectivity index (χ0) is 20.8. The summed E-state index contributed by atoms with van der Waals surface area (Å²) >= 11 is 5.82. The Labute approximate surface area is 168 Å². The van der Waals surface area contributed by atoms with Crippen LogP contribution in [0.3, 0.4) is 0 Å². The first-order valence-corrected chi connectivity index (χ1v) is 9.48. The molecular weight excluding hydrogens is 386 g/mol. The van der Waals surface area contributed by atoms with E-state index in [1.165, 1.54) is 4.90 Å². The van der Waals surface area contributed by atoms with Crippen LogP contribution in [-0.4, -0.2) is 59.2 Å². The quantitative estimate of drug-likeness (QED) is 0.568.